The summed E-state index contributed by atoms with van der Waals surface area (Å²) < 4.78 is 79.1. The Kier molecular flexibility index (Phi) is 5.10. The Bertz CT molecular complexity index is 1040. The lowest BCUT2D eigenvalue weighted by Crippen LogP contribution is -2.26. The van der Waals surface area contributed by atoms with E-state index >= 15 is 0 Å². The van der Waals surface area contributed by atoms with Crippen LogP contribution in [-0.2, 0) is 16.2 Å². The van der Waals surface area contributed by atoms with Gasteiger partial charge < -0.3 is 5.32 Å². The molecule has 1 saturated carbocycles. The van der Waals surface area contributed by atoms with E-state index in [0.717, 1.165) is 24.3 Å². The number of carbonyl (C=O) groups is 1. The largest absolute Gasteiger partial charge is 0.451 e. The van der Waals surface area contributed by atoms with Gasteiger partial charge in [-0.3, -0.25) is 4.79 Å². The van der Waals surface area contributed by atoms with E-state index in [4.69, 9.17) is 0 Å². The van der Waals surface area contributed by atoms with Crippen LogP contribution >= 0.6 is 0 Å². The van der Waals surface area contributed by atoms with E-state index in [1.54, 1.807) is 0 Å². The lowest BCUT2D eigenvalue weighted by Gasteiger charge is -2.11. The molecule has 2 N–H and O–H groups in total. The fraction of sp³-hybridized carbons (Fsp3) is 0.312. The summed E-state index contributed by atoms with van der Waals surface area (Å²) in [5.74, 6) is -3.53. The minimum absolute atomic E-state index is 0.0801. The van der Waals surface area contributed by atoms with Crippen LogP contribution in [0.15, 0.2) is 29.2 Å². The summed E-state index contributed by atoms with van der Waals surface area (Å²) in [7, 11) is -4.13. The fourth-order valence-corrected chi connectivity index (χ4v) is 3.69. The van der Waals surface area contributed by atoms with Crippen molar-refractivity contribution in [3.05, 3.63) is 47.3 Å². The fourth-order valence-electron chi connectivity index (χ4n) is 2.28. The number of alkyl halides is 3. The lowest BCUT2D eigenvalue weighted by molar-refractivity contribution is -0.145. The zero-order valence-electron chi connectivity index (χ0n) is 14.3. The van der Waals surface area contributed by atoms with Crippen LogP contribution in [0.1, 0.15) is 34.8 Å². The number of rotatable bonds is 5. The topological polar surface area (TPSA) is 101 Å². The van der Waals surface area contributed by atoms with Crippen molar-refractivity contribution in [2.24, 2.45) is 0 Å². The monoisotopic (exact) mass is 418 g/mol. The highest BCUT2D eigenvalue weighted by molar-refractivity contribution is 7.89. The van der Waals surface area contributed by atoms with Gasteiger partial charge in [-0.1, -0.05) is 0 Å². The van der Waals surface area contributed by atoms with Gasteiger partial charge in [-0.2, -0.15) is 13.2 Å². The first-order valence-corrected chi connectivity index (χ1v) is 9.50. The summed E-state index contributed by atoms with van der Waals surface area (Å²) in [6.07, 6.45) is -3.55. The second-order valence-corrected chi connectivity index (χ2v) is 7.89. The molecule has 0 aliphatic heterocycles. The molecule has 0 bridgehead atoms. The molecule has 7 nitrogen and oxygen atoms in total. The quantitative estimate of drug-likeness (QED) is 0.727. The number of anilines is 1. The van der Waals surface area contributed by atoms with E-state index in [2.05, 4.69) is 20.0 Å². The zero-order valence-corrected chi connectivity index (χ0v) is 15.2. The van der Waals surface area contributed by atoms with Crippen molar-refractivity contribution in [3.8, 4) is 0 Å². The van der Waals surface area contributed by atoms with Crippen LogP contribution in [0.2, 0.25) is 0 Å². The van der Waals surface area contributed by atoms with Gasteiger partial charge in [0.1, 0.15) is 16.4 Å². The van der Waals surface area contributed by atoms with Gasteiger partial charge in [0.2, 0.25) is 15.8 Å². The van der Waals surface area contributed by atoms with Gasteiger partial charge >= 0.3 is 6.18 Å². The Morgan fingerprint density at radius 3 is 2.46 bits per heavy atom. The first-order valence-electron chi connectivity index (χ1n) is 8.02. The van der Waals surface area contributed by atoms with Crippen LogP contribution in [0.3, 0.4) is 0 Å². The van der Waals surface area contributed by atoms with Crippen LogP contribution in [0.5, 0.6) is 0 Å². The summed E-state index contributed by atoms with van der Waals surface area (Å²) in [4.78, 5) is 18.0. The van der Waals surface area contributed by atoms with Crippen molar-refractivity contribution in [1.82, 2.24) is 14.7 Å². The number of halogens is 4. The molecular weight excluding hydrogens is 404 g/mol. The molecule has 0 spiro atoms. The zero-order chi connectivity index (χ0) is 20.7. The maximum atomic E-state index is 14.0. The van der Waals surface area contributed by atoms with Crippen molar-refractivity contribution < 1.29 is 30.8 Å². The Balaban J connectivity index is 1.87. The first kappa shape index (κ1) is 20.1. The number of nitrogens with zero attached hydrogens (tertiary/aromatic N) is 2. The number of hydrogen-bond acceptors (Lipinski definition) is 5. The molecule has 3 rings (SSSR count). The molecule has 0 atom stereocenters. The first-order chi connectivity index (χ1) is 13.0. The second-order valence-electron chi connectivity index (χ2n) is 6.21. The lowest BCUT2D eigenvalue weighted by atomic mass is 10.2. The molecule has 1 fully saturated rings. The van der Waals surface area contributed by atoms with Crippen molar-refractivity contribution >= 4 is 21.6 Å². The van der Waals surface area contributed by atoms with E-state index in [1.807, 2.05) is 0 Å². The van der Waals surface area contributed by atoms with Crippen molar-refractivity contribution in [2.45, 2.75) is 36.9 Å². The van der Waals surface area contributed by atoms with E-state index < -0.39 is 44.3 Å². The van der Waals surface area contributed by atoms with Crippen LogP contribution in [0, 0.1) is 12.7 Å². The SMILES string of the molecule is Cc1cc(C(=O)Nc2ccc(F)c(S(=O)(=O)NC3CC3)c2)nc(C(F)(F)F)n1. The van der Waals surface area contributed by atoms with E-state index in [0.29, 0.717) is 12.8 Å². The summed E-state index contributed by atoms with van der Waals surface area (Å²) in [5, 5.41) is 2.22. The molecular formula is C16H14F4N4O3S. The van der Waals surface area contributed by atoms with Crippen LogP contribution in [0.25, 0.3) is 0 Å². The molecule has 12 heteroatoms. The van der Waals surface area contributed by atoms with Crippen molar-refractivity contribution in [2.75, 3.05) is 5.32 Å². The minimum atomic E-state index is -4.84. The number of aromatic nitrogens is 2. The maximum absolute atomic E-state index is 14.0. The third kappa shape index (κ3) is 4.62. The van der Waals surface area contributed by atoms with E-state index in [9.17, 15) is 30.8 Å². The van der Waals surface area contributed by atoms with Crippen molar-refractivity contribution in [1.29, 1.82) is 0 Å². The molecule has 1 aliphatic carbocycles. The average Bonchev–Trinajstić information content (AvgIpc) is 3.38. The highest BCUT2D eigenvalue weighted by Gasteiger charge is 2.35. The Hall–Kier alpha value is -2.60. The van der Waals surface area contributed by atoms with Gasteiger partial charge in [0.25, 0.3) is 5.91 Å². The number of carbonyl (C=O) groups excluding carboxylic acids is 1. The van der Waals surface area contributed by atoms with Gasteiger partial charge in [-0.15, -0.1) is 0 Å². The second kappa shape index (κ2) is 7.09. The number of hydrogen-bond donors (Lipinski definition) is 2. The van der Waals surface area contributed by atoms with Gasteiger partial charge in [-0.05, 0) is 44.0 Å². The highest BCUT2D eigenvalue weighted by Crippen LogP contribution is 2.27. The Morgan fingerprint density at radius 2 is 1.86 bits per heavy atom. The molecule has 0 saturated heterocycles. The highest BCUT2D eigenvalue weighted by atomic mass is 32.2. The van der Waals surface area contributed by atoms with Gasteiger partial charge in [0.15, 0.2) is 0 Å². The summed E-state index contributed by atoms with van der Waals surface area (Å²) in [5.41, 5.74) is -0.763. The minimum Gasteiger partial charge on any atom is -0.321 e. The van der Waals surface area contributed by atoms with E-state index in [1.165, 1.54) is 6.92 Å². The van der Waals surface area contributed by atoms with Gasteiger partial charge in [0, 0.05) is 17.4 Å². The van der Waals surface area contributed by atoms with Gasteiger partial charge in [-0.25, -0.2) is 27.5 Å². The predicted molar refractivity (Wildman–Crippen MR) is 89.5 cm³/mol. The standard InChI is InChI=1S/C16H14F4N4O3S/c1-8-6-12(23-15(21-8)16(18,19)20)14(25)22-10-4-5-11(17)13(7-10)28(26,27)24-9-2-3-9/h4-7,9,24H,2-3H2,1H3,(H,22,25). The Labute approximate surface area is 157 Å². The van der Waals surface area contributed by atoms with Crippen LogP contribution < -0.4 is 10.0 Å². The molecule has 0 unspecified atom stereocenters. The number of sulfonamides is 1. The summed E-state index contributed by atoms with van der Waals surface area (Å²) in [6, 6.07) is 3.59. The third-order valence-corrected chi connectivity index (χ3v) is 5.25. The number of aryl methyl sites for hydroxylation is 1. The number of benzene rings is 1. The molecule has 1 aliphatic rings. The maximum Gasteiger partial charge on any atom is 0.451 e. The molecule has 2 aromatic rings. The molecule has 150 valence electrons. The third-order valence-electron chi connectivity index (χ3n) is 3.72. The van der Waals surface area contributed by atoms with Crippen LogP contribution in [0.4, 0.5) is 23.2 Å². The Morgan fingerprint density at radius 1 is 1.18 bits per heavy atom. The number of nitrogens with one attached hydrogen (secondary N) is 2. The smallest absolute Gasteiger partial charge is 0.321 e. The van der Waals surface area contributed by atoms with Crippen molar-refractivity contribution in [3.63, 3.8) is 0 Å². The molecule has 1 aromatic heterocycles. The summed E-state index contributed by atoms with van der Waals surface area (Å²) in [6.45, 7) is 1.26. The van der Waals surface area contributed by atoms with Crippen LogP contribution in [-0.4, -0.2) is 30.3 Å². The normalized spacial score (nSPS) is 14.8. The molecule has 1 amide bonds. The molecule has 0 radical (unpaired) electrons. The average molecular weight is 418 g/mol. The summed E-state index contributed by atoms with van der Waals surface area (Å²) >= 11 is 0. The molecule has 1 aromatic carbocycles. The number of amides is 1. The van der Waals surface area contributed by atoms with Gasteiger partial charge in [0.05, 0.1) is 0 Å². The molecule has 1 heterocycles. The predicted octanol–water partition coefficient (Wildman–Crippen LogP) is 2.64. The molecule has 28 heavy (non-hydrogen) atoms. The van der Waals surface area contributed by atoms with E-state index in [-0.39, 0.29) is 17.4 Å².